The summed E-state index contributed by atoms with van der Waals surface area (Å²) in [7, 11) is -3.50. The van der Waals surface area contributed by atoms with Crippen molar-refractivity contribution < 1.29 is 13.2 Å². The number of rotatable bonds is 5. The zero-order valence-electron chi connectivity index (χ0n) is 15.2. The van der Waals surface area contributed by atoms with E-state index in [2.05, 4.69) is 15.3 Å². The third-order valence-corrected chi connectivity index (χ3v) is 8.11. The van der Waals surface area contributed by atoms with E-state index in [4.69, 9.17) is 0 Å². The Hall–Kier alpha value is -2.36. The molecule has 4 aromatic rings. The van der Waals surface area contributed by atoms with Crippen LogP contribution in [0.4, 0.5) is 5.13 Å². The van der Waals surface area contributed by atoms with E-state index in [1.807, 2.05) is 26.0 Å². The Morgan fingerprint density at radius 3 is 2.32 bits per heavy atom. The van der Waals surface area contributed by atoms with Gasteiger partial charge < -0.3 is 5.32 Å². The largest absolute Gasteiger partial charge is 0.302 e. The van der Waals surface area contributed by atoms with Gasteiger partial charge in [0.15, 0.2) is 15.0 Å². The summed E-state index contributed by atoms with van der Waals surface area (Å²) < 4.78 is 26.8. The van der Waals surface area contributed by atoms with Crippen LogP contribution in [0.1, 0.15) is 17.0 Å². The molecule has 2 aromatic carbocycles. The van der Waals surface area contributed by atoms with Crippen LogP contribution in [0.5, 0.6) is 0 Å². The molecular formula is C19H17N3O3S3. The highest BCUT2D eigenvalue weighted by atomic mass is 32.2. The Balaban J connectivity index is 1.47. The molecule has 2 heterocycles. The molecule has 0 aliphatic heterocycles. The highest BCUT2D eigenvalue weighted by molar-refractivity contribution is 7.91. The number of aromatic nitrogens is 2. The third-order valence-electron chi connectivity index (χ3n) is 4.24. The van der Waals surface area contributed by atoms with Crippen molar-refractivity contribution in [2.24, 2.45) is 0 Å². The van der Waals surface area contributed by atoms with E-state index in [9.17, 15) is 13.2 Å². The molecule has 1 amide bonds. The van der Waals surface area contributed by atoms with Crippen LogP contribution in [0, 0.1) is 13.8 Å². The fourth-order valence-electron chi connectivity index (χ4n) is 2.81. The van der Waals surface area contributed by atoms with Crippen LogP contribution in [0.15, 0.2) is 41.3 Å². The lowest BCUT2D eigenvalue weighted by Crippen LogP contribution is -2.17. The predicted octanol–water partition coefficient (Wildman–Crippen LogP) is 4.33. The first kappa shape index (κ1) is 19.0. The Morgan fingerprint density at radius 1 is 0.964 bits per heavy atom. The number of carbonyl (C=O) groups excluding carboxylic acids is 1. The fraction of sp³-hybridized carbons (Fsp3) is 0.211. The molecule has 0 unspecified atom stereocenters. The molecule has 4 rings (SSSR count). The van der Waals surface area contributed by atoms with E-state index in [1.54, 1.807) is 35.6 Å². The topological polar surface area (TPSA) is 89.0 Å². The van der Waals surface area contributed by atoms with Crippen LogP contribution < -0.4 is 5.32 Å². The molecule has 0 spiro atoms. The fourth-order valence-corrected chi connectivity index (χ4v) is 6.07. The number of nitrogens with zero attached hydrogens (tertiary/aromatic N) is 2. The second-order valence-electron chi connectivity index (χ2n) is 6.44. The van der Waals surface area contributed by atoms with E-state index >= 15 is 0 Å². The summed E-state index contributed by atoms with van der Waals surface area (Å²) in [5.41, 5.74) is 2.70. The van der Waals surface area contributed by atoms with Gasteiger partial charge in [-0.15, -0.1) is 11.3 Å². The molecular weight excluding hydrogens is 414 g/mol. The van der Waals surface area contributed by atoms with E-state index in [1.165, 1.54) is 11.3 Å². The number of nitrogens with one attached hydrogen (secondary N) is 1. The first-order valence-corrected chi connectivity index (χ1v) is 11.9. The normalized spacial score (nSPS) is 11.9. The summed E-state index contributed by atoms with van der Waals surface area (Å²) in [6.45, 7) is 3.85. The van der Waals surface area contributed by atoms with Crippen molar-refractivity contribution in [3.05, 3.63) is 47.0 Å². The van der Waals surface area contributed by atoms with Crippen LogP contribution in [0.2, 0.25) is 0 Å². The molecule has 9 heteroatoms. The van der Waals surface area contributed by atoms with Crippen molar-refractivity contribution in [3.8, 4) is 0 Å². The Labute approximate surface area is 170 Å². The van der Waals surface area contributed by atoms with Gasteiger partial charge in [0.2, 0.25) is 5.91 Å². The molecule has 0 aliphatic carbocycles. The summed E-state index contributed by atoms with van der Waals surface area (Å²) in [6.07, 6.45) is -0.124. The van der Waals surface area contributed by atoms with E-state index in [0.29, 0.717) is 5.13 Å². The Bertz CT molecular complexity index is 1290. The van der Waals surface area contributed by atoms with Gasteiger partial charge in [-0.2, -0.15) is 0 Å². The minimum atomic E-state index is -3.50. The van der Waals surface area contributed by atoms with Gasteiger partial charge in [-0.1, -0.05) is 29.0 Å². The molecule has 144 valence electrons. The molecule has 0 atom stereocenters. The molecule has 0 bridgehead atoms. The second-order valence-corrected chi connectivity index (χ2v) is 10.8. The second kappa shape index (κ2) is 7.23. The van der Waals surface area contributed by atoms with Gasteiger partial charge in [-0.25, -0.2) is 18.4 Å². The number of fused-ring (bicyclic) bond motifs is 3. The zero-order valence-corrected chi connectivity index (χ0v) is 17.7. The van der Waals surface area contributed by atoms with Crippen LogP contribution in [-0.4, -0.2) is 30.0 Å². The quantitative estimate of drug-likeness (QED) is 0.508. The highest BCUT2D eigenvalue weighted by Gasteiger charge is 2.18. The van der Waals surface area contributed by atoms with Gasteiger partial charge in [0.05, 0.1) is 36.1 Å². The van der Waals surface area contributed by atoms with Crippen LogP contribution >= 0.6 is 22.7 Å². The van der Waals surface area contributed by atoms with Crippen LogP contribution in [-0.2, 0) is 14.6 Å². The summed E-state index contributed by atoms with van der Waals surface area (Å²) in [5.74, 6) is -0.614. The smallest absolute Gasteiger partial charge is 0.227 e. The number of hydrogen-bond acceptors (Lipinski definition) is 7. The maximum Gasteiger partial charge on any atom is 0.227 e. The van der Waals surface area contributed by atoms with Crippen molar-refractivity contribution in [1.29, 1.82) is 0 Å². The highest BCUT2D eigenvalue weighted by Crippen LogP contribution is 2.35. The number of thiazole rings is 2. The molecule has 0 saturated heterocycles. The number of anilines is 1. The molecule has 6 nitrogen and oxygen atoms in total. The first-order chi connectivity index (χ1) is 13.3. The number of hydrogen-bond donors (Lipinski definition) is 1. The zero-order chi connectivity index (χ0) is 19.9. The molecule has 28 heavy (non-hydrogen) atoms. The summed E-state index contributed by atoms with van der Waals surface area (Å²) in [5, 5.41) is 4.16. The number of amides is 1. The van der Waals surface area contributed by atoms with Gasteiger partial charge in [0.25, 0.3) is 0 Å². The van der Waals surface area contributed by atoms with Crippen molar-refractivity contribution in [2.75, 3.05) is 11.1 Å². The molecule has 2 aromatic heterocycles. The Kier molecular flexibility index (Phi) is 4.90. The maximum absolute atomic E-state index is 12.4. The number of sulfone groups is 1. The Morgan fingerprint density at radius 2 is 1.61 bits per heavy atom. The summed E-state index contributed by atoms with van der Waals surface area (Å²) in [4.78, 5) is 21.4. The average Bonchev–Trinajstić information content (AvgIpc) is 3.22. The lowest BCUT2D eigenvalue weighted by atomic mass is 10.2. The minimum Gasteiger partial charge on any atom is -0.302 e. The van der Waals surface area contributed by atoms with E-state index < -0.39 is 9.84 Å². The monoisotopic (exact) mass is 431 g/mol. The summed E-state index contributed by atoms with van der Waals surface area (Å²) in [6, 6.07) is 10.4. The van der Waals surface area contributed by atoms with Crippen LogP contribution in [0.25, 0.3) is 20.4 Å². The standard InChI is InChI=1S/C19H17N3O3S3/c1-11-3-5-13(6-4-11)28(24,25)10-9-16(23)22-19-21-15-8-7-14-17(18(15)27-19)26-12(2)20-14/h3-8H,9-10H2,1-2H3,(H,21,22,23). The number of benzene rings is 2. The number of carbonyl (C=O) groups is 1. The van der Waals surface area contributed by atoms with Crippen molar-refractivity contribution >= 4 is 64.0 Å². The molecule has 0 aliphatic rings. The van der Waals surface area contributed by atoms with Gasteiger partial charge in [0.1, 0.15) is 0 Å². The molecule has 0 fully saturated rings. The van der Waals surface area contributed by atoms with Gasteiger partial charge in [0, 0.05) is 6.42 Å². The molecule has 1 N–H and O–H groups in total. The van der Waals surface area contributed by atoms with Gasteiger partial charge in [-0.05, 0) is 38.1 Å². The lowest BCUT2D eigenvalue weighted by molar-refractivity contribution is -0.115. The SMILES string of the molecule is Cc1ccc(S(=O)(=O)CCC(=O)Nc2nc3ccc4nc(C)sc4c3s2)cc1. The van der Waals surface area contributed by atoms with E-state index in [0.717, 1.165) is 31.0 Å². The average molecular weight is 432 g/mol. The third kappa shape index (κ3) is 3.78. The summed E-state index contributed by atoms with van der Waals surface area (Å²) >= 11 is 2.97. The molecule has 0 saturated carbocycles. The number of aryl methyl sites for hydroxylation is 2. The van der Waals surface area contributed by atoms with Crippen molar-refractivity contribution in [2.45, 2.75) is 25.2 Å². The van der Waals surface area contributed by atoms with Crippen molar-refractivity contribution in [3.63, 3.8) is 0 Å². The first-order valence-electron chi connectivity index (χ1n) is 8.58. The van der Waals surface area contributed by atoms with Crippen molar-refractivity contribution in [1.82, 2.24) is 9.97 Å². The van der Waals surface area contributed by atoms with Gasteiger partial charge >= 0.3 is 0 Å². The predicted molar refractivity (Wildman–Crippen MR) is 114 cm³/mol. The van der Waals surface area contributed by atoms with Gasteiger partial charge in [-0.3, -0.25) is 4.79 Å². The maximum atomic E-state index is 12.4. The van der Waals surface area contributed by atoms with Crippen LogP contribution in [0.3, 0.4) is 0 Å². The molecule has 0 radical (unpaired) electrons. The van der Waals surface area contributed by atoms with E-state index in [-0.39, 0.29) is 23.0 Å². The lowest BCUT2D eigenvalue weighted by Gasteiger charge is -2.05. The minimum absolute atomic E-state index is 0.124.